The topological polar surface area (TPSA) is 102 Å². The van der Waals surface area contributed by atoms with Crippen LogP contribution in [0.25, 0.3) is 11.4 Å². The summed E-state index contributed by atoms with van der Waals surface area (Å²) in [5.74, 6) is -0.672. The quantitative estimate of drug-likeness (QED) is 0.812. The maximum Gasteiger partial charge on any atom is 0.242 e. The minimum absolute atomic E-state index is 0.0134. The summed E-state index contributed by atoms with van der Waals surface area (Å²) in [5.41, 5.74) is 1.84. The fraction of sp³-hybridized carbons (Fsp3) is 0.438. The van der Waals surface area contributed by atoms with Gasteiger partial charge in [0.2, 0.25) is 17.6 Å². The van der Waals surface area contributed by atoms with E-state index in [2.05, 4.69) is 15.5 Å². The van der Waals surface area contributed by atoms with Crippen LogP contribution in [-0.4, -0.2) is 36.8 Å². The molecule has 128 valence electrons. The first-order chi connectivity index (χ1) is 11.4. The summed E-state index contributed by atoms with van der Waals surface area (Å²) in [6, 6.07) is 7.49. The fourth-order valence-electron chi connectivity index (χ4n) is 2.20. The summed E-state index contributed by atoms with van der Waals surface area (Å²) in [5, 5.41) is 6.43. The van der Waals surface area contributed by atoms with Crippen molar-refractivity contribution in [3.05, 3.63) is 35.7 Å². The highest BCUT2D eigenvalue weighted by Gasteiger charge is 2.24. The van der Waals surface area contributed by atoms with Crippen molar-refractivity contribution in [2.75, 3.05) is 12.3 Å². The van der Waals surface area contributed by atoms with Gasteiger partial charge in [-0.15, -0.1) is 0 Å². The SMILES string of the molecule is Cc1ccc(-c2noc(CS(=O)(=O)CC(=O)NCC3CC3)n2)cc1. The number of amides is 1. The molecule has 7 nitrogen and oxygen atoms in total. The van der Waals surface area contributed by atoms with Gasteiger partial charge in [0.15, 0.2) is 9.84 Å². The van der Waals surface area contributed by atoms with Gasteiger partial charge in [-0.3, -0.25) is 4.79 Å². The molecule has 1 aliphatic rings. The van der Waals surface area contributed by atoms with Gasteiger partial charge in [-0.05, 0) is 25.7 Å². The highest BCUT2D eigenvalue weighted by Crippen LogP contribution is 2.27. The molecule has 0 spiro atoms. The van der Waals surface area contributed by atoms with E-state index in [1.165, 1.54) is 0 Å². The molecule has 2 aromatic rings. The van der Waals surface area contributed by atoms with Gasteiger partial charge in [0.05, 0.1) is 0 Å². The molecule has 1 amide bonds. The molecule has 1 heterocycles. The number of aryl methyl sites for hydroxylation is 1. The standard InChI is InChI=1S/C16H19N3O4S/c1-11-2-6-13(7-3-11)16-18-15(23-19-16)10-24(21,22)9-14(20)17-8-12-4-5-12/h2-3,6-7,12H,4-5,8-10H2,1H3,(H,17,20). The molecule has 1 fully saturated rings. The molecule has 0 saturated heterocycles. The average Bonchev–Trinajstić information content (AvgIpc) is 3.24. The number of nitrogens with one attached hydrogen (secondary N) is 1. The van der Waals surface area contributed by atoms with Crippen molar-refractivity contribution in [1.29, 1.82) is 0 Å². The van der Waals surface area contributed by atoms with Gasteiger partial charge in [-0.25, -0.2) is 8.42 Å². The Morgan fingerprint density at radius 2 is 2.00 bits per heavy atom. The van der Waals surface area contributed by atoms with E-state index in [1.807, 2.05) is 31.2 Å². The third-order valence-electron chi connectivity index (χ3n) is 3.76. The Bertz CT molecular complexity index is 823. The van der Waals surface area contributed by atoms with Crippen molar-refractivity contribution >= 4 is 15.7 Å². The lowest BCUT2D eigenvalue weighted by molar-refractivity contribution is -0.118. The summed E-state index contributed by atoms with van der Waals surface area (Å²) in [6.07, 6.45) is 2.19. The lowest BCUT2D eigenvalue weighted by atomic mass is 10.1. The Hall–Kier alpha value is -2.22. The van der Waals surface area contributed by atoms with Crippen LogP contribution < -0.4 is 5.32 Å². The number of hydrogen-bond donors (Lipinski definition) is 1. The molecule has 0 aliphatic heterocycles. The molecule has 0 unspecified atom stereocenters. The van der Waals surface area contributed by atoms with E-state index in [-0.39, 0.29) is 5.89 Å². The zero-order chi connectivity index (χ0) is 17.2. The predicted octanol–water partition coefficient (Wildman–Crippen LogP) is 1.49. The van der Waals surface area contributed by atoms with Crippen LogP contribution in [0.15, 0.2) is 28.8 Å². The summed E-state index contributed by atoms with van der Waals surface area (Å²) in [6.45, 7) is 2.51. The van der Waals surface area contributed by atoms with Crippen LogP contribution in [0, 0.1) is 12.8 Å². The third-order valence-corrected chi connectivity index (χ3v) is 5.15. The molecule has 3 rings (SSSR count). The van der Waals surface area contributed by atoms with Crippen molar-refractivity contribution in [3.63, 3.8) is 0 Å². The Kier molecular flexibility index (Phi) is 4.66. The van der Waals surface area contributed by atoms with Crippen molar-refractivity contribution in [2.45, 2.75) is 25.5 Å². The van der Waals surface area contributed by atoms with Gasteiger partial charge >= 0.3 is 0 Å². The van der Waals surface area contributed by atoms with Gasteiger partial charge in [0.25, 0.3) is 0 Å². The number of hydrogen-bond acceptors (Lipinski definition) is 6. The summed E-state index contributed by atoms with van der Waals surface area (Å²) >= 11 is 0. The van der Waals surface area contributed by atoms with Crippen molar-refractivity contribution in [3.8, 4) is 11.4 Å². The minimum atomic E-state index is -3.65. The number of aromatic nitrogens is 2. The normalized spacial score (nSPS) is 14.5. The Morgan fingerprint density at radius 3 is 2.67 bits per heavy atom. The monoisotopic (exact) mass is 349 g/mol. The smallest absolute Gasteiger partial charge is 0.242 e. The van der Waals surface area contributed by atoms with Crippen molar-refractivity contribution in [2.24, 2.45) is 5.92 Å². The van der Waals surface area contributed by atoms with E-state index in [1.54, 1.807) is 0 Å². The predicted molar refractivity (Wildman–Crippen MR) is 87.7 cm³/mol. The summed E-state index contributed by atoms with van der Waals surface area (Å²) in [4.78, 5) is 15.8. The number of rotatable bonds is 7. The lowest BCUT2D eigenvalue weighted by Gasteiger charge is -2.03. The Labute approximate surface area is 140 Å². The molecular weight excluding hydrogens is 330 g/mol. The molecule has 0 radical (unpaired) electrons. The van der Waals surface area contributed by atoms with Crippen LogP contribution in [0.4, 0.5) is 0 Å². The second-order valence-electron chi connectivity index (χ2n) is 6.16. The highest BCUT2D eigenvalue weighted by atomic mass is 32.2. The van der Waals surface area contributed by atoms with Gasteiger partial charge in [0.1, 0.15) is 11.5 Å². The number of carbonyl (C=O) groups is 1. The number of nitrogens with zero attached hydrogens (tertiary/aromatic N) is 2. The minimum Gasteiger partial charge on any atom is -0.355 e. The van der Waals surface area contributed by atoms with E-state index in [9.17, 15) is 13.2 Å². The molecule has 0 bridgehead atoms. The van der Waals surface area contributed by atoms with Crippen LogP contribution in [-0.2, 0) is 20.4 Å². The van der Waals surface area contributed by atoms with Gasteiger partial charge in [-0.1, -0.05) is 35.0 Å². The first-order valence-corrected chi connectivity index (χ1v) is 9.60. The number of benzene rings is 1. The van der Waals surface area contributed by atoms with Gasteiger partial charge in [0, 0.05) is 12.1 Å². The molecular formula is C16H19N3O4S. The van der Waals surface area contributed by atoms with E-state index in [4.69, 9.17) is 4.52 Å². The maximum atomic E-state index is 12.1. The van der Waals surface area contributed by atoms with Crippen LogP contribution in [0.5, 0.6) is 0 Å². The zero-order valence-corrected chi connectivity index (χ0v) is 14.2. The first-order valence-electron chi connectivity index (χ1n) is 7.78. The second-order valence-corrected chi connectivity index (χ2v) is 8.22. The Balaban J connectivity index is 1.60. The highest BCUT2D eigenvalue weighted by molar-refractivity contribution is 7.91. The van der Waals surface area contributed by atoms with E-state index >= 15 is 0 Å². The summed E-state index contributed by atoms with van der Waals surface area (Å²) in [7, 11) is -3.65. The molecule has 1 aliphatic carbocycles. The zero-order valence-electron chi connectivity index (χ0n) is 13.4. The molecule has 1 aromatic carbocycles. The van der Waals surface area contributed by atoms with Gasteiger partial charge < -0.3 is 9.84 Å². The number of carbonyl (C=O) groups excluding carboxylic acids is 1. The van der Waals surface area contributed by atoms with Crippen LogP contribution >= 0.6 is 0 Å². The van der Waals surface area contributed by atoms with Crippen LogP contribution in [0.1, 0.15) is 24.3 Å². The Morgan fingerprint density at radius 1 is 1.29 bits per heavy atom. The van der Waals surface area contributed by atoms with Crippen molar-refractivity contribution < 1.29 is 17.7 Å². The molecule has 1 aromatic heterocycles. The third kappa shape index (κ3) is 4.64. The molecule has 8 heteroatoms. The van der Waals surface area contributed by atoms with E-state index in [0.717, 1.165) is 24.0 Å². The summed E-state index contributed by atoms with van der Waals surface area (Å²) < 4.78 is 29.1. The van der Waals surface area contributed by atoms with Crippen LogP contribution in [0.3, 0.4) is 0 Å². The first kappa shape index (κ1) is 16.6. The van der Waals surface area contributed by atoms with E-state index < -0.39 is 27.3 Å². The molecule has 0 atom stereocenters. The molecule has 1 saturated carbocycles. The van der Waals surface area contributed by atoms with E-state index in [0.29, 0.717) is 18.3 Å². The largest absolute Gasteiger partial charge is 0.355 e. The maximum absolute atomic E-state index is 12.1. The number of sulfone groups is 1. The lowest BCUT2D eigenvalue weighted by Crippen LogP contribution is -2.32. The molecule has 1 N–H and O–H groups in total. The van der Waals surface area contributed by atoms with Crippen molar-refractivity contribution in [1.82, 2.24) is 15.5 Å². The fourth-order valence-corrected chi connectivity index (χ4v) is 3.30. The second kappa shape index (κ2) is 6.72. The average molecular weight is 349 g/mol. The molecule has 24 heavy (non-hydrogen) atoms. The van der Waals surface area contributed by atoms with Crippen LogP contribution in [0.2, 0.25) is 0 Å². The van der Waals surface area contributed by atoms with Gasteiger partial charge in [-0.2, -0.15) is 4.98 Å².